The van der Waals surface area contributed by atoms with Gasteiger partial charge in [0, 0.05) is 26.1 Å². The summed E-state index contributed by atoms with van der Waals surface area (Å²) in [5.74, 6) is -0.188. The maximum atomic E-state index is 12.5. The van der Waals surface area contributed by atoms with Crippen LogP contribution in [0.4, 0.5) is 11.7 Å². The van der Waals surface area contributed by atoms with E-state index in [2.05, 4.69) is 22.3 Å². The quantitative estimate of drug-likeness (QED) is 0.649. The molecule has 0 aromatic carbocycles. The molecule has 1 saturated heterocycles. The van der Waals surface area contributed by atoms with Gasteiger partial charge in [0.25, 0.3) is 11.9 Å². The molecule has 0 saturated carbocycles. The molecule has 0 spiro atoms. The Balaban J connectivity index is 1.50. The molecule has 1 unspecified atom stereocenters. The highest BCUT2D eigenvalue weighted by Gasteiger charge is 2.30. The average molecular weight is 469 g/mol. The van der Waals surface area contributed by atoms with Gasteiger partial charge in [-0.15, -0.1) is 0 Å². The van der Waals surface area contributed by atoms with Crippen molar-refractivity contribution in [2.24, 2.45) is 0 Å². The molecule has 2 aliphatic heterocycles. The van der Waals surface area contributed by atoms with Crippen LogP contribution < -0.4 is 14.8 Å². The molecular weight excluding hydrogens is 440 g/mol. The standard InChI is InChI=1S/C19H28N6O6S/c1-12(2)15-16(18-25(22-15)13(3)5-9-30-18)21-19-20-14(11-31-19)17(26)23-32(27,28)24-6-4-8-29-10-7-24/h11-13H,4-10H2,1-3H3,(H,20,21)(H,23,26). The number of anilines is 2. The minimum atomic E-state index is -4.01. The summed E-state index contributed by atoms with van der Waals surface area (Å²) in [4.78, 5) is 16.6. The lowest BCUT2D eigenvalue weighted by atomic mass is 10.1. The van der Waals surface area contributed by atoms with Crippen LogP contribution in [0.5, 0.6) is 5.88 Å². The topological polar surface area (TPSA) is 141 Å². The number of amides is 1. The number of ether oxygens (including phenoxy) is 2. The van der Waals surface area contributed by atoms with Crippen molar-refractivity contribution in [1.29, 1.82) is 0 Å². The van der Waals surface area contributed by atoms with E-state index in [1.54, 1.807) is 0 Å². The van der Waals surface area contributed by atoms with Gasteiger partial charge in [-0.25, -0.2) is 9.40 Å². The van der Waals surface area contributed by atoms with Gasteiger partial charge in [-0.05, 0) is 19.3 Å². The van der Waals surface area contributed by atoms with Gasteiger partial charge in [-0.3, -0.25) is 4.79 Å². The van der Waals surface area contributed by atoms with Crippen LogP contribution in [-0.4, -0.2) is 66.3 Å². The Morgan fingerprint density at radius 1 is 1.25 bits per heavy atom. The monoisotopic (exact) mass is 468 g/mol. The first-order valence-electron chi connectivity index (χ1n) is 10.6. The molecule has 4 rings (SSSR count). The maximum absolute atomic E-state index is 12.5. The number of nitrogens with zero attached hydrogens (tertiary/aromatic N) is 4. The molecule has 2 N–H and O–H groups in total. The van der Waals surface area contributed by atoms with Crippen LogP contribution in [0.15, 0.2) is 10.7 Å². The number of rotatable bonds is 6. The van der Waals surface area contributed by atoms with E-state index in [1.807, 2.05) is 23.3 Å². The number of carbonyl (C=O) groups excluding carboxylic acids is 1. The largest absolute Gasteiger partial charge is 0.476 e. The minimum Gasteiger partial charge on any atom is -0.476 e. The average Bonchev–Trinajstić information content (AvgIpc) is 3.24. The van der Waals surface area contributed by atoms with E-state index in [0.717, 1.165) is 18.4 Å². The lowest BCUT2D eigenvalue weighted by Crippen LogP contribution is -2.44. The number of oxazole rings is 1. The zero-order valence-corrected chi connectivity index (χ0v) is 19.1. The highest BCUT2D eigenvalue weighted by Crippen LogP contribution is 2.39. The van der Waals surface area contributed by atoms with E-state index in [-0.39, 0.29) is 43.4 Å². The molecule has 2 aromatic heterocycles. The summed E-state index contributed by atoms with van der Waals surface area (Å²) in [6.07, 6.45) is 2.52. The van der Waals surface area contributed by atoms with Gasteiger partial charge in [0.15, 0.2) is 5.69 Å². The second-order valence-corrected chi connectivity index (χ2v) is 9.79. The number of hydrogen-bond acceptors (Lipinski definition) is 9. The molecule has 0 radical (unpaired) electrons. The molecular formula is C19H28N6O6S. The van der Waals surface area contributed by atoms with Crippen molar-refractivity contribution in [3.8, 4) is 5.88 Å². The molecule has 0 aliphatic carbocycles. The zero-order chi connectivity index (χ0) is 22.9. The van der Waals surface area contributed by atoms with E-state index >= 15 is 0 Å². The predicted octanol–water partition coefficient (Wildman–Crippen LogP) is 1.78. The Kier molecular flexibility index (Phi) is 6.40. The lowest BCUT2D eigenvalue weighted by Gasteiger charge is -2.21. The van der Waals surface area contributed by atoms with E-state index in [9.17, 15) is 13.2 Å². The van der Waals surface area contributed by atoms with Crippen LogP contribution in [0, 0.1) is 0 Å². The third-order valence-corrected chi connectivity index (χ3v) is 6.83. The van der Waals surface area contributed by atoms with E-state index in [1.165, 1.54) is 4.31 Å². The normalized spacial score (nSPS) is 19.8. The summed E-state index contributed by atoms with van der Waals surface area (Å²) in [5, 5.41) is 7.71. The number of carbonyl (C=O) groups is 1. The van der Waals surface area contributed by atoms with Crippen LogP contribution in [0.1, 0.15) is 61.8 Å². The van der Waals surface area contributed by atoms with E-state index in [4.69, 9.17) is 13.9 Å². The summed E-state index contributed by atoms with van der Waals surface area (Å²) >= 11 is 0. The Morgan fingerprint density at radius 3 is 2.84 bits per heavy atom. The van der Waals surface area contributed by atoms with Crippen molar-refractivity contribution in [3.63, 3.8) is 0 Å². The van der Waals surface area contributed by atoms with Gasteiger partial charge in [0.2, 0.25) is 5.88 Å². The third kappa shape index (κ3) is 4.59. The van der Waals surface area contributed by atoms with Gasteiger partial charge in [-0.1, -0.05) is 13.8 Å². The maximum Gasteiger partial charge on any atom is 0.304 e. The molecule has 1 fully saturated rings. The predicted molar refractivity (Wildman–Crippen MR) is 114 cm³/mol. The second-order valence-electron chi connectivity index (χ2n) is 8.11. The Morgan fingerprint density at radius 2 is 2.06 bits per heavy atom. The third-order valence-electron chi connectivity index (χ3n) is 5.34. The van der Waals surface area contributed by atoms with Gasteiger partial charge >= 0.3 is 10.2 Å². The Bertz CT molecular complexity index is 1070. The Labute approximate surface area is 186 Å². The van der Waals surface area contributed by atoms with Crippen LogP contribution in [-0.2, 0) is 14.9 Å². The highest BCUT2D eigenvalue weighted by molar-refractivity contribution is 7.87. The fourth-order valence-corrected chi connectivity index (χ4v) is 4.73. The minimum absolute atomic E-state index is 0.0373. The van der Waals surface area contributed by atoms with Gasteiger partial charge < -0.3 is 19.2 Å². The van der Waals surface area contributed by atoms with Gasteiger partial charge in [0.05, 0.1) is 24.9 Å². The summed E-state index contributed by atoms with van der Waals surface area (Å²) < 4.78 is 46.6. The highest BCUT2D eigenvalue weighted by atomic mass is 32.2. The first-order chi connectivity index (χ1) is 15.3. The number of nitrogens with one attached hydrogen (secondary N) is 2. The molecule has 0 bridgehead atoms. The molecule has 12 nitrogen and oxygen atoms in total. The van der Waals surface area contributed by atoms with Crippen LogP contribution >= 0.6 is 0 Å². The fraction of sp³-hybridized carbons (Fsp3) is 0.632. The summed E-state index contributed by atoms with van der Waals surface area (Å²) in [6, 6.07) is 0.225. The molecule has 176 valence electrons. The summed E-state index contributed by atoms with van der Waals surface area (Å²) in [5.41, 5.74) is 1.24. The first-order valence-corrected chi connectivity index (χ1v) is 12.1. The molecule has 1 amide bonds. The number of fused-ring (bicyclic) bond motifs is 1. The van der Waals surface area contributed by atoms with Crippen molar-refractivity contribution < 1.29 is 27.1 Å². The molecule has 1 atom stereocenters. The molecule has 32 heavy (non-hydrogen) atoms. The van der Waals surface area contributed by atoms with E-state index in [0.29, 0.717) is 31.2 Å². The summed E-state index contributed by atoms with van der Waals surface area (Å²) in [7, 11) is -4.01. The first kappa shape index (κ1) is 22.6. The number of aromatic nitrogens is 3. The van der Waals surface area contributed by atoms with Crippen LogP contribution in [0.3, 0.4) is 0 Å². The molecule has 2 aromatic rings. The van der Waals surface area contributed by atoms with Crippen molar-refractivity contribution in [2.75, 3.05) is 38.2 Å². The Hall–Kier alpha value is -2.64. The second kappa shape index (κ2) is 9.08. The zero-order valence-electron chi connectivity index (χ0n) is 18.3. The van der Waals surface area contributed by atoms with Gasteiger partial charge in [-0.2, -0.15) is 22.8 Å². The lowest BCUT2D eigenvalue weighted by molar-refractivity contribution is 0.0973. The van der Waals surface area contributed by atoms with Crippen molar-refractivity contribution in [2.45, 2.75) is 45.6 Å². The van der Waals surface area contributed by atoms with Crippen molar-refractivity contribution in [3.05, 3.63) is 17.7 Å². The van der Waals surface area contributed by atoms with Crippen molar-refractivity contribution >= 4 is 27.8 Å². The van der Waals surface area contributed by atoms with Crippen molar-refractivity contribution in [1.82, 2.24) is 23.8 Å². The van der Waals surface area contributed by atoms with Gasteiger partial charge in [0.1, 0.15) is 12.0 Å². The van der Waals surface area contributed by atoms with Crippen LogP contribution in [0.25, 0.3) is 0 Å². The number of hydrogen-bond donors (Lipinski definition) is 2. The molecule has 13 heteroatoms. The molecule has 4 heterocycles. The SMILES string of the molecule is CC(C)c1nn2c(c1Nc1nc(C(=O)NS(=O)(=O)N3CCCOCC3)co1)OCCC2C. The fourth-order valence-electron chi connectivity index (χ4n) is 3.58. The molecule has 2 aliphatic rings. The smallest absolute Gasteiger partial charge is 0.304 e. The van der Waals surface area contributed by atoms with E-state index < -0.39 is 16.1 Å². The summed E-state index contributed by atoms with van der Waals surface area (Å²) in [6.45, 7) is 7.87. The van der Waals surface area contributed by atoms with Crippen LogP contribution in [0.2, 0.25) is 0 Å².